The molecule has 1 heterocycles. The lowest BCUT2D eigenvalue weighted by molar-refractivity contribution is -0.148. The number of amides is 1. The van der Waals surface area contributed by atoms with Gasteiger partial charge in [0.05, 0.1) is 10.7 Å². The Morgan fingerprint density at radius 3 is 2.54 bits per heavy atom. The van der Waals surface area contributed by atoms with E-state index in [4.69, 9.17) is 16.3 Å². The minimum Gasteiger partial charge on any atom is -0.452 e. The molecule has 1 amide bonds. The fraction of sp³-hybridized carbons (Fsp3) is 0.273. The molecular weight excluding hydrogens is 376 g/mol. The Bertz CT molecular complexity index is 874. The fourth-order valence-corrected chi connectivity index (χ4v) is 3.37. The lowest BCUT2D eigenvalue weighted by atomic mass is 10.1. The predicted molar refractivity (Wildman–Crippen MR) is 111 cm³/mol. The molecule has 0 spiro atoms. The topological polar surface area (TPSA) is 49.9 Å². The van der Waals surface area contributed by atoms with E-state index in [9.17, 15) is 9.59 Å². The average molecular weight is 399 g/mol. The summed E-state index contributed by atoms with van der Waals surface area (Å²) in [7, 11) is 0. The first kappa shape index (κ1) is 20.0. The number of carbonyl (C=O) groups excluding carboxylic acids is 2. The standard InChI is InChI=1S/C22H23ClN2O3/c1-17-5-4-6-18(15-17)9-10-22(27)28-16-21(26)25-13-11-24(12-14-25)20-8-3-2-7-19(20)23/h2-10,15H,11-14,16H2,1H3/b10-9+. The summed E-state index contributed by atoms with van der Waals surface area (Å²) in [6, 6.07) is 15.5. The molecule has 1 aliphatic rings. The van der Waals surface area contributed by atoms with Crippen molar-refractivity contribution in [2.24, 2.45) is 0 Å². The van der Waals surface area contributed by atoms with Gasteiger partial charge in [-0.1, -0.05) is 53.6 Å². The maximum absolute atomic E-state index is 12.3. The van der Waals surface area contributed by atoms with E-state index in [1.165, 1.54) is 6.08 Å². The van der Waals surface area contributed by atoms with Gasteiger partial charge in [-0.25, -0.2) is 4.79 Å². The fourth-order valence-electron chi connectivity index (χ4n) is 3.12. The SMILES string of the molecule is Cc1cccc(/C=C/C(=O)OCC(=O)N2CCN(c3ccccc3Cl)CC2)c1. The van der Waals surface area contributed by atoms with Gasteiger partial charge >= 0.3 is 5.97 Å². The van der Waals surface area contributed by atoms with Crippen molar-refractivity contribution >= 4 is 35.2 Å². The number of benzene rings is 2. The highest BCUT2D eigenvalue weighted by atomic mass is 35.5. The summed E-state index contributed by atoms with van der Waals surface area (Å²) in [4.78, 5) is 28.0. The number of hydrogen-bond acceptors (Lipinski definition) is 4. The Hall–Kier alpha value is -2.79. The first-order valence-electron chi connectivity index (χ1n) is 9.22. The van der Waals surface area contributed by atoms with Crippen LogP contribution in [-0.4, -0.2) is 49.6 Å². The van der Waals surface area contributed by atoms with Crippen molar-refractivity contribution in [2.75, 3.05) is 37.7 Å². The van der Waals surface area contributed by atoms with Crippen LogP contribution in [-0.2, 0) is 14.3 Å². The lowest BCUT2D eigenvalue weighted by Gasteiger charge is -2.36. The number of carbonyl (C=O) groups is 2. The van der Waals surface area contributed by atoms with Gasteiger partial charge in [-0.3, -0.25) is 4.79 Å². The van der Waals surface area contributed by atoms with Crippen LogP contribution in [0.1, 0.15) is 11.1 Å². The van der Waals surface area contributed by atoms with Gasteiger partial charge in [-0.2, -0.15) is 0 Å². The molecule has 0 aromatic heterocycles. The molecular formula is C22H23ClN2O3. The summed E-state index contributed by atoms with van der Waals surface area (Å²) in [5, 5.41) is 0.705. The third-order valence-corrected chi connectivity index (χ3v) is 4.94. The molecule has 0 aliphatic carbocycles. The minimum atomic E-state index is -0.524. The molecule has 2 aromatic rings. The van der Waals surface area contributed by atoms with Gasteiger partial charge in [0.15, 0.2) is 6.61 Å². The molecule has 2 aromatic carbocycles. The van der Waals surface area contributed by atoms with E-state index in [1.807, 2.05) is 55.5 Å². The van der Waals surface area contributed by atoms with Crippen molar-refractivity contribution in [1.29, 1.82) is 0 Å². The quantitative estimate of drug-likeness (QED) is 0.571. The van der Waals surface area contributed by atoms with Crippen LogP contribution in [0, 0.1) is 6.92 Å². The van der Waals surface area contributed by atoms with E-state index in [1.54, 1.807) is 11.0 Å². The third kappa shape index (κ3) is 5.36. The van der Waals surface area contributed by atoms with Crippen molar-refractivity contribution in [3.05, 3.63) is 70.8 Å². The smallest absolute Gasteiger partial charge is 0.331 e. The number of anilines is 1. The zero-order valence-electron chi connectivity index (χ0n) is 15.8. The van der Waals surface area contributed by atoms with Crippen LogP contribution >= 0.6 is 11.6 Å². The molecule has 0 N–H and O–H groups in total. The van der Waals surface area contributed by atoms with E-state index in [0.717, 1.165) is 16.8 Å². The van der Waals surface area contributed by atoms with Crippen LogP contribution in [0.5, 0.6) is 0 Å². The molecule has 0 atom stereocenters. The van der Waals surface area contributed by atoms with Gasteiger partial charge in [-0.05, 0) is 30.7 Å². The Morgan fingerprint density at radius 2 is 1.82 bits per heavy atom. The maximum Gasteiger partial charge on any atom is 0.331 e. The van der Waals surface area contributed by atoms with Crippen molar-refractivity contribution in [2.45, 2.75) is 6.92 Å². The number of para-hydroxylation sites is 1. The van der Waals surface area contributed by atoms with Crippen LogP contribution < -0.4 is 4.90 Å². The second-order valence-electron chi connectivity index (χ2n) is 6.67. The number of esters is 1. The summed E-state index contributed by atoms with van der Waals surface area (Å²) in [6.07, 6.45) is 3.03. The molecule has 6 heteroatoms. The number of nitrogens with zero attached hydrogens (tertiary/aromatic N) is 2. The average Bonchev–Trinajstić information content (AvgIpc) is 2.71. The van der Waals surface area contributed by atoms with Gasteiger partial charge in [0.2, 0.25) is 0 Å². The number of hydrogen-bond donors (Lipinski definition) is 0. The first-order valence-corrected chi connectivity index (χ1v) is 9.59. The van der Waals surface area contributed by atoms with E-state index >= 15 is 0 Å². The van der Waals surface area contributed by atoms with E-state index in [2.05, 4.69) is 4.90 Å². The van der Waals surface area contributed by atoms with Crippen molar-refractivity contribution in [1.82, 2.24) is 4.90 Å². The van der Waals surface area contributed by atoms with Crippen molar-refractivity contribution < 1.29 is 14.3 Å². The van der Waals surface area contributed by atoms with Gasteiger partial charge < -0.3 is 14.5 Å². The van der Waals surface area contributed by atoms with Crippen molar-refractivity contribution in [3.8, 4) is 0 Å². The molecule has 0 unspecified atom stereocenters. The molecule has 146 valence electrons. The third-order valence-electron chi connectivity index (χ3n) is 4.62. The van der Waals surface area contributed by atoms with Gasteiger partial charge in [0.25, 0.3) is 5.91 Å². The Kier molecular flexibility index (Phi) is 6.71. The molecule has 1 aliphatic heterocycles. The zero-order valence-corrected chi connectivity index (χ0v) is 16.6. The molecule has 0 saturated carbocycles. The summed E-state index contributed by atoms with van der Waals surface area (Å²) in [6.45, 7) is 4.26. The highest BCUT2D eigenvalue weighted by molar-refractivity contribution is 6.33. The number of piperazine rings is 1. The molecule has 1 saturated heterocycles. The van der Waals surface area contributed by atoms with Crippen LogP contribution in [0.15, 0.2) is 54.6 Å². The molecule has 0 radical (unpaired) electrons. The van der Waals surface area contributed by atoms with Gasteiger partial charge in [-0.15, -0.1) is 0 Å². The second-order valence-corrected chi connectivity index (χ2v) is 7.08. The zero-order chi connectivity index (χ0) is 19.9. The van der Waals surface area contributed by atoms with Gasteiger partial charge in [0.1, 0.15) is 0 Å². The molecule has 1 fully saturated rings. The Labute approximate surface area is 170 Å². The summed E-state index contributed by atoms with van der Waals surface area (Å²) >= 11 is 6.24. The highest BCUT2D eigenvalue weighted by Crippen LogP contribution is 2.26. The molecule has 0 bridgehead atoms. The van der Waals surface area contributed by atoms with Crippen LogP contribution in [0.3, 0.4) is 0 Å². The van der Waals surface area contributed by atoms with E-state index in [0.29, 0.717) is 31.2 Å². The van der Waals surface area contributed by atoms with Gasteiger partial charge in [0, 0.05) is 32.3 Å². The maximum atomic E-state index is 12.3. The second kappa shape index (κ2) is 9.42. The Balaban J connectivity index is 1.44. The number of halogens is 1. The number of rotatable bonds is 5. The highest BCUT2D eigenvalue weighted by Gasteiger charge is 2.22. The predicted octanol–water partition coefficient (Wildman–Crippen LogP) is 3.55. The van der Waals surface area contributed by atoms with Crippen LogP contribution in [0.2, 0.25) is 5.02 Å². The van der Waals surface area contributed by atoms with Crippen LogP contribution in [0.25, 0.3) is 6.08 Å². The van der Waals surface area contributed by atoms with E-state index < -0.39 is 5.97 Å². The number of aryl methyl sites for hydroxylation is 1. The first-order chi connectivity index (χ1) is 13.5. The monoisotopic (exact) mass is 398 g/mol. The van der Waals surface area contributed by atoms with E-state index in [-0.39, 0.29) is 12.5 Å². The lowest BCUT2D eigenvalue weighted by Crippen LogP contribution is -2.50. The van der Waals surface area contributed by atoms with Crippen molar-refractivity contribution in [3.63, 3.8) is 0 Å². The Morgan fingerprint density at radius 1 is 1.07 bits per heavy atom. The normalized spacial score (nSPS) is 14.4. The summed E-state index contributed by atoms with van der Waals surface area (Å²) in [5.74, 6) is -0.708. The largest absolute Gasteiger partial charge is 0.452 e. The molecule has 5 nitrogen and oxygen atoms in total. The van der Waals surface area contributed by atoms with Crippen LogP contribution in [0.4, 0.5) is 5.69 Å². The minimum absolute atomic E-state index is 0.184. The molecule has 3 rings (SSSR count). The molecule has 28 heavy (non-hydrogen) atoms. The number of ether oxygens (including phenoxy) is 1. The summed E-state index contributed by atoms with van der Waals surface area (Å²) in [5.41, 5.74) is 3.00. The summed E-state index contributed by atoms with van der Waals surface area (Å²) < 4.78 is 5.09.